The topological polar surface area (TPSA) is 145 Å². The highest BCUT2D eigenvalue weighted by Gasteiger charge is 2.28. The number of carbonyl (C=O) groups is 3. The largest absolute Gasteiger partial charge is 0.494 e. The van der Waals surface area contributed by atoms with E-state index in [0.717, 1.165) is 27.3 Å². The maximum atomic E-state index is 13.8. The van der Waals surface area contributed by atoms with E-state index >= 15 is 0 Å². The van der Waals surface area contributed by atoms with Crippen molar-refractivity contribution in [3.05, 3.63) is 112 Å². The van der Waals surface area contributed by atoms with Crippen LogP contribution < -0.4 is 31.2 Å². The molecule has 3 aromatic carbocycles. The lowest BCUT2D eigenvalue weighted by Crippen LogP contribution is -2.55. The van der Waals surface area contributed by atoms with Gasteiger partial charge in [0.1, 0.15) is 17.8 Å². The van der Waals surface area contributed by atoms with Crippen LogP contribution >= 0.6 is 11.3 Å². The number of thiazole rings is 1. The average Bonchev–Trinajstić information content (AvgIpc) is 3.36. The molecule has 2 atom stereocenters. The van der Waals surface area contributed by atoms with Gasteiger partial charge in [-0.15, -0.1) is 0 Å². The van der Waals surface area contributed by atoms with Crippen molar-refractivity contribution in [2.45, 2.75) is 58.8 Å². The predicted octanol–water partition coefficient (Wildman–Crippen LogP) is 4.36. The highest BCUT2D eigenvalue weighted by atomic mass is 32.1. The van der Waals surface area contributed by atoms with Crippen LogP contribution in [0.1, 0.15) is 39.9 Å². The second-order valence-electron chi connectivity index (χ2n) is 10.5. The molecule has 0 aliphatic heterocycles. The molecule has 0 saturated heterocycles. The Kier molecular flexibility index (Phi) is 12.1. The van der Waals surface area contributed by atoms with Crippen molar-refractivity contribution in [2.24, 2.45) is 5.73 Å². The third-order valence-electron chi connectivity index (χ3n) is 6.97. The molecule has 0 unspecified atom stereocenters. The summed E-state index contributed by atoms with van der Waals surface area (Å²) in [5, 5.41) is 9.62. The SMILES string of the molecule is CCOc1ccc(C[C@@H](NC(=O)Oc2sc(C)nc2C)C(=O)N[C@@H](Cc2ccccc2)C(=O)NCc2ccc(CN)cc2)cc1. The second-order valence-corrected chi connectivity index (χ2v) is 11.6. The molecule has 0 bridgehead atoms. The number of nitrogens with two attached hydrogens (primary N) is 1. The molecule has 0 aliphatic rings. The molecule has 11 heteroatoms. The van der Waals surface area contributed by atoms with E-state index in [0.29, 0.717) is 29.7 Å². The normalized spacial score (nSPS) is 12.1. The Labute approximate surface area is 267 Å². The Bertz CT molecular complexity index is 1560. The van der Waals surface area contributed by atoms with Crippen molar-refractivity contribution >= 4 is 29.2 Å². The molecule has 236 valence electrons. The van der Waals surface area contributed by atoms with Gasteiger partial charge in [-0.3, -0.25) is 9.59 Å². The first-order chi connectivity index (χ1) is 21.7. The van der Waals surface area contributed by atoms with Gasteiger partial charge in [0.05, 0.1) is 17.3 Å². The van der Waals surface area contributed by atoms with Crippen LogP contribution in [0.2, 0.25) is 0 Å². The molecule has 45 heavy (non-hydrogen) atoms. The number of carbonyl (C=O) groups excluding carboxylic acids is 3. The van der Waals surface area contributed by atoms with E-state index in [1.807, 2.05) is 80.6 Å². The summed E-state index contributed by atoms with van der Waals surface area (Å²) in [6.07, 6.45) is -0.386. The lowest BCUT2D eigenvalue weighted by Gasteiger charge is -2.23. The Balaban J connectivity index is 1.52. The number of amides is 3. The highest BCUT2D eigenvalue weighted by Crippen LogP contribution is 2.26. The van der Waals surface area contributed by atoms with E-state index < -0.39 is 24.1 Å². The number of aromatic nitrogens is 1. The molecule has 0 saturated carbocycles. The first-order valence-corrected chi connectivity index (χ1v) is 15.6. The van der Waals surface area contributed by atoms with Crippen molar-refractivity contribution in [1.29, 1.82) is 0 Å². The predicted molar refractivity (Wildman–Crippen MR) is 174 cm³/mol. The van der Waals surface area contributed by atoms with Crippen molar-refractivity contribution in [3.8, 4) is 10.8 Å². The van der Waals surface area contributed by atoms with Crippen LogP contribution in [0.25, 0.3) is 0 Å². The van der Waals surface area contributed by atoms with Crippen LogP contribution in [0.3, 0.4) is 0 Å². The fraction of sp³-hybridized carbons (Fsp3) is 0.294. The third-order valence-corrected chi connectivity index (χ3v) is 7.92. The molecule has 1 heterocycles. The minimum atomic E-state index is -1.04. The van der Waals surface area contributed by atoms with Gasteiger partial charge in [0.2, 0.25) is 16.9 Å². The number of nitrogens with one attached hydrogen (secondary N) is 3. The summed E-state index contributed by atoms with van der Waals surface area (Å²) in [6, 6.07) is 22.4. The molecule has 0 spiro atoms. The van der Waals surface area contributed by atoms with Gasteiger partial charge in [0, 0.05) is 25.9 Å². The van der Waals surface area contributed by atoms with E-state index in [4.69, 9.17) is 15.2 Å². The molecule has 4 aromatic rings. The fourth-order valence-corrected chi connectivity index (χ4v) is 5.40. The zero-order valence-electron chi connectivity index (χ0n) is 25.7. The number of rotatable bonds is 14. The summed E-state index contributed by atoms with van der Waals surface area (Å²) >= 11 is 1.24. The van der Waals surface area contributed by atoms with Gasteiger partial charge in [-0.2, -0.15) is 0 Å². The summed E-state index contributed by atoms with van der Waals surface area (Å²) < 4.78 is 11.0. The average molecular weight is 630 g/mol. The zero-order valence-corrected chi connectivity index (χ0v) is 26.5. The number of aryl methyl sites for hydroxylation is 2. The van der Waals surface area contributed by atoms with Crippen molar-refractivity contribution in [1.82, 2.24) is 20.9 Å². The molecule has 3 amide bonds. The Morgan fingerprint density at radius 1 is 0.800 bits per heavy atom. The van der Waals surface area contributed by atoms with Gasteiger partial charge in [0.25, 0.3) is 0 Å². The number of hydrogen-bond donors (Lipinski definition) is 4. The molecule has 10 nitrogen and oxygen atoms in total. The zero-order chi connectivity index (χ0) is 32.2. The standard InChI is InChI=1S/C34H39N5O5S/c1-4-43-28-16-14-25(15-17-28)19-30(39-34(42)44-33-22(2)37-23(3)45-33)32(41)38-29(18-24-8-6-5-7-9-24)31(40)36-21-27-12-10-26(20-35)11-13-27/h5-17,29-30H,4,18-21,35H2,1-3H3,(H,36,40)(H,38,41)(H,39,42)/t29-,30+/m0/s1. The lowest BCUT2D eigenvalue weighted by molar-refractivity contribution is -0.130. The van der Waals surface area contributed by atoms with Crippen LogP contribution in [0, 0.1) is 13.8 Å². The monoisotopic (exact) mass is 629 g/mol. The van der Waals surface area contributed by atoms with Crippen LogP contribution in [-0.4, -0.2) is 41.6 Å². The smallest absolute Gasteiger partial charge is 0.414 e. The molecule has 5 N–H and O–H groups in total. The van der Waals surface area contributed by atoms with E-state index in [2.05, 4.69) is 20.9 Å². The first-order valence-electron chi connectivity index (χ1n) is 14.8. The number of nitrogens with zero attached hydrogens (tertiary/aromatic N) is 1. The van der Waals surface area contributed by atoms with Crippen molar-refractivity contribution < 1.29 is 23.9 Å². The molecular weight excluding hydrogens is 590 g/mol. The van der Waals surface area contributed by atoms with Gasteiger partial charge >= 0.3 is 6.09 Å². The summed E-state index contributed by atoms with van der Waals surface area (Å²) in [6.45, 7) is 6.69. The molecule has 0 aliphatic carbocycles. The van der Waals surface area contributed by atoms with E-state index in [1.165, 1.54) is 11.3 Å². The molecule has 4 rings (SSSR count). The minimum absolute atomic E-state index is 0.154. The van der Waals surface area contributed by atoms with Crippen LogP contribution in [0.5, 0.6) is 10.8 Å². The van der Waals surface area contributed by atoms with E-state index in [1.54, 1.807) is 19.1 Å². The maximum Gasteiger partial charge on any atom is 0.414 e. The van der Waals surface area contributed by atoms with Gasteiger partial charge in [-0.1, -0.05) is 78.1 Å². The van der Waals surface area contributed by atoms with E-state index in [9.17, 15) is 14.4 Å². The summed E-state index contributed by atoms with van der Waals surface area (Å²) in [7, 11) is 0. The van der Waals surface area contributed by atoms with Crippen molar-refractivity contribution in [3.63, 3.8) is 0 Å². The van der Waals surface area contributed by atoms with Crippen molar-refractivity contribution in [2.75, 3.05) is 6.61 Å². The summed E-state index contributed by atoms with van der Waals surface area (Å²) in [4.78, 5) is 44.6. The number of ether oxygens (including phenoxy) is 2. The second kappa shape index (κ2) is 16.4. The fourth-order valence-electron chi connectivity index (χ4n) is 4.63. The van der Waals surface area contributed by atoms with Gasteiger partial charge < -0.3 is 31.2 Å². The van der Waals surface area contributed by atoms with Crippen LogP contribution in [0.4, 0.5) is 4.79 Å². The maximum absolute atomic E-state index is 13.8. The molecule has 0 fully saturated rings. The first kappa shape index (κ1) is 33.2. The number of benzene rings is 3. The van der Waals surface area contributed by atoms with Gasteiger partial charge in [-0.25, -0.2) is 9.78 Å². The number of hydrogen-bond acceptors (Lipinski definition) is 8. The Morgan fingerprint density at radius 2 is 1.40 bits per heavy atom. The van der Waals surface area contributed by atoms with Gasteiger partial charge in [0.15, 0.2) is 0 Å². The third kappa shape index (κ3) is 10.2. The molecular formula is C34H39N5O5S. The quantitative estimate of drug-likeness (QED) is 0.162. The van der Waals surface area contributed by atoms with Crippen LogP contribution in [0.15, 0.2) is 78.9 Å². The minimum Gasteiger partial charge on any atom is -0.494 e. The Morgan fingerprint density at radius 3 is 2.00 bits per heavy atom. The molecule has 0 radical (unpaired) electrons. The van der Waals surface area contributed by atoms with Crippen LogP contribution in [-0.2, 0) is 35.5 Å². The molecule has 1 aromatic heterocycles. The summed E-state index contributed by atoms with van der Waals surface area (Å²) in [5.74, 6) is -0.183. The Hall–Kier alpha value is -4.74. The lowest BCUT2D eigenvalue weighted by atomic mass is 10.0. The van der Waals surface area contributed by atoms with Gasteiger partial charge in [-0.05, 0) is 55.2 Å². The summed E-state index contributed by atoms with van der Waals surface area (Å²) in [5.41, 5.74) is 9.83. The van der Waals surface area contributed by atoms with E-state index in [-0.39, 0.29) is 25.3 Å². The highest BCUT2D eigenvalue weighted by molar-refractivity contribution is 7.13.